The second-order valence-electron chi connectivity index (χ2n) is 6.84. The molecule has 0 fully saturated rings. The summed E-state index contributed by atoms with van der Waals surface area (Å²) in [6.07, 6.45) is 8.13. The number of hydrogen-bond donors (Lipinski definition) is 0. The van der Waals surface area contributed by atoms with Crippen molar-refractivity contribution in [2.24, 2.45) is 0 Å². The molecular weight excluding hydrogens is 344 g/mol. The summed E-state index contributed by atoms with van der Waals surface area (Å²) >= 11 is 0. The van der Waals surface area contributed by atoms with Crippen molar-refractivity contribution in [1.82, 2.24) is 10.1 Å². The van der Waals surface area contributed by atoms with Gasteiger partial charge in [-0.2, -0.15) is 0 Å². The first-order valence-electron chi connectivity index (χ1n) is 9.10. The molecule has 0 bridgehead atoms. The van der Waals surface area contributed by atoms with Crippen LogP contribution in [0.15, 0.2) is 53.6 Å². The predicted octanol–water partition coefficient (Wildman–Crippen LogP) is 3.73. The van der Waals surface area contributed by atoms with E-state index in [2.05, 4.69) is 17.8 Å². The Morgan fingerprint density at radius 1 is 1.33 bits per heavy atom. The van der Waals surface area contributed by atoms with Crippen molar-refractivity contribution in [1.29, 1.82) is 0 Å². The van der Waals surface area contributed by atoms with Gasteiger partial charge in [0.25, 0.3) is 5.91 Å². The summed E-state index contributed by atoms with van der Waals surface area (Å²) in [6.45, 7) is 6.06. The summed E-state index contributed by atoms with van der Waals surface area (Å²) in [6, 6.07) is 7.60. The summed E-state index contributed by atoms with van der Waals surface area (Å²) < 4.78 is 16.1. The fourth-order valence-corrected chi connectivity index (χ4v) is 3.61. The van der Waals surface area contributed by atoms with Crippen LogP contribution in [0.2, 0.25) is 0 Å². The highest BCUT2D eigenvalue weighted by Crippen LogP contribution is 2.33. The molecule has 0 N–H and O–H groups in total. The van der Waals surface area contributed by atoms with Crippen molar-refractivity contribution >= 4 is 5.91 Å². The molecule has 2 aliphatic heterocycles. The number of benzene rings is 1. The summed E-state index contributed by atoms with van der Waals surface area (Å²) in [5.41, 5.74) is 1.73. The van der Waals surface area contributed by atoms with E-state index >= 15 is 0 Å². The zero-order valence-corrected chi connectivity index (χ0v) is 15.3. The third kappa shape index (κ3) is 3.47. The Morgan fingerprint density at radius 3 is 3.04 bits per heavy atom. The minimum Gasteiger partial charge on any atom is -0.454 e. The maximum atomic E-state index is 13.0. The second-order valence-corrected chi connectivity index (χ2v) is 6.84. The normalized spacial score (nSPS) is 20.7. The Bertz CT molecular complexity index is 886. The molecule has 0 saturated heterocycles. The van der Waals surface area contributed by atoms with Crippen LogP contribution in [0.5, 0.6) is 11.5 Å². The third-order valence-corrected chi connectivity index (χ3v) is 4.92. The van der Waals surface area contributed by atoms with Crippen LogP contribution < -0.4 is 9.47 Å². The molecule has 6 nitrogen and oxygen atoms in total. The van der Waals surface area contributed by atoms with E-state index in [9.17, 15) is 4.79 Å². The van der Waals surface area contributed by atoms with Gasteiger partial charge in [0, 0.05) is 24.6 Å². The van der Waals surface area contributed by atoms with Gasteiger partial charge in [0.15, 0.2) is 11.5 Å². The minimum atomic E-state index is -0.136. The van der Waals surface area contributed by atoms with Crippen LogP contribution in [-0.2, 0) is 6.42 Å². The van der Waals surface area contributed by atoms with Crippen LogP contribution in [-0.4, -0.2) is 34.8 Å². The Hall–Kier alpha value is -3.02. The Kier molecular flexibility index (Phi) is 4.71. The zero-order valence-electron chi connectivity index (χ0n) is 15.3. The van der Waals surface area contributed by atoms with Gasteiger partial charge < -0.3 is 18.9 Å². The highest BCUT2D eigenvalue weighted by atomic mass is 16.7. The van der Waals surface area contributed by atoms with E-state index in [0.717, 1.165) is 29.9 Å². The maximum Gasteiger partial charge on any atom is 0.293 e. The van der Waals surface area contributed by atoms with Crippen LogP contribution in [0.1, 0.15) is 41.6 Å². The maximum absolute atomic E-state index is 13.0. The fourth-order valence-electron chi connectivity index (χ4n) is 3.61. The van der Waals surface area contributed by atoms with Gasteiger partial charge in [0.05, 0.1) is 5.69 Å². The first-order valence-corrected chi connectivity index (χ1v) is 9.10. The predicted molar refractivity (Wildman–Crippen MR) is 99.9 cm³/mol. The van der Waals surface area contributed by atoms with Gasteiger partial charge in [0.2, 0.25) is 12.6 Å². The molecule has 2 atom stereocenters. The first-order chi connectivity index (χ1) is 13.2. The molecule has 0 aliphatic carbocycles. The van der Waals surface area contributed by atoms with Gasteiger partial charge in [0.1, 0.15) is 0 Å². The molecule has 6 heteroatoms. The van der Waals surface area contributed by atoms with E-state index in [-0.39, 0.29) is 30.5 Å². The number of rotatable bonds is 5. The first kappa shape index (κ1) is 17.4. The smallest absolute Gasteiger partial charge is 0.293 e. The summed E-state index contributed by atoms with van der Waals surface area (Å²) in [4.78, 5) is 14.9. The van der Waals surface area contributed by atoms with E-state index in [1.165, 1.54) is 0 Å². The highest BCUT2D eigenvalue weighted by molar-refractivity contribution is 5.92. The molecule has 2 aliphatic rings. The molecule has 0 unspecified atom stereocenters. The summed E-state index contributed by atoms with van der Waals surface area (Å²) in [5, 5.41) is 4.08. The number of nitrogens with zero attached hydrogens (tertiary/aromatic N) is 2. The lowest BCUT2D eigenvalue weighted by molar-refractivity contribution is 0.0579. The van der Waals surface area contributed by atoms with E-state index in [4.69, 9.17) is 14.0 Å². The Labute approximate surface area is 158 Å². The van der Waals surface area contributed by atoms with Crippen LogP contribution in [0.25, 0.3) is 0 Å². The monoisotopic (exact) mass is 366 g/mol. The SMILES string of the molecule is C=CC[C@@H]1CC=C[C@@H](C)N1C(=O)c1cc(Cc2ccc3c(c2)OCO3)no1. The lowest BCUT2D eigenvalue weighted by Crippen LogP contribution is -2.46. The zero-order chi connectivity index (χ0) is 18.8. The van der Waals surface area contributed by atoms with Crippen LogP contribution >= 0.6 is 0 Å². The molecule has 2 aromatic rings. The molecular formula is C21H22N2O4. The highest BCUT2D eigenvalue weighted by Gasteiger charge is 2.31. The molecule has 4 rings (SSSR count). The van der Waals surface area contributed by atoms with Crippen molar-refractivity contribution in [3.63, 3.8) is 0 Å². The van der Waals surface area contributed by atoms with Crippen molar-refractivity contribution in [2.75, 3.05) is 6.79 Å². The molecule has 1 aromatic carbocycles. The molecule has 140 valence electrons. The summed E-state index contributed by atoms with van der Waals surface area (Å²) in [5.74, 6) is 1.61. The number of aromatic nitrogens is 1. The van der Waals surface area contributed by atoms with Gasteiger partial charge in [-0.15, -0.1) is 6.58 Å². The number of hydrogen-bond acceptors (Lipinski definition) is 5. The molecule has 27 heavy (non-hydrogen) atoms. The number of amides is 1. The Balaban J connectivity index is 1.50. The average Bonchev–Trinajstić information content (AvgIpc) is 3.31. The van der Waals surface area contributed by atoms with Crippen LogP contribution in [0.4, 0.5) is 0 Å². The molecule has 1 amide bonds. The number of fused-ring (bicyclic) bond motifs is 1. The molecule has 3 heterocycles. The number of carbonyl (C=O) groups is 1. The van der Waals surface area contributed by atoms with E-state index in [0.29, 0.717) is 12.1 Å². The van der Waals surface area contributed by atoms with Gasteiger partial charge in [-0.3, -0.25) is 4.79 Å². The second kappa shape index (κ2) is 7.31. The minimum absolute atomic E-state index is 0.0126. The Morgan fingerprint density at radius 2 is 2.19 bits per heavy atom. The van der Waals surface area contributed by atoms with Crippen molar-refractivity contribution in [2.45, 2.75) is 38.3 Å². The van der Waals surface area contributed by atoms with E-state index in [1.54, 1.807) is 6.07 Å². The van der Waals surface area contributed by atoms with Gasteiger partial charge in [-0.1, -0.05) is 29.5 Å². The fraction of sp³-hybridized carbons (Fsp3) is 0.333. The van der Waals surface area contributed by atoms with Crippen molar-refractivity contribution < 1.29 is 18.8 Å². The van der Waals surface area contributed by atoms with Crippen molar-refractivity contribution in [3.8, 4) is 11.5 Å². The van der Waals surface area contributed by atoms with Gasteiger partial charge >= 0.3 is 0 Å². The van der Waals surface area contributed by atoms with Crippen LogP contribution in [0.3, 0.4) is 0 Å². The quantitative estimate of drug-likeness (QED) is 0.755. The van der Waals surface area contributed by atoms with Gasteiger partial charge in [-0.25, -0.2) is 0 Å². The third-order valence-electron chi connectivity index (χ3n) is 4.92. The molecule has 0 spiro atoms. The van der Waals surface area contributed by atoms with E-state index in [1.807, 2.05) is 42.2 Å². The van der Waals surface area contributed by atoms with Crippen molar-refractivity contribution in [3.05, 3.63) is 66.1 Å². The van der Waals surface area contributed by atoms with Gasteiger partial charge in [-0.05, 0) is 37.5 Å². The molecule has 0 saturated carbocycles. The largest absolute Gasteiger partial charge is 0.454 e. The number of ether oxygens (including phenoxy) is 2. The topological polar surface area (TPSA) is 64.8 Å². The number of carbonyl (C=O) groups excluding carboxylic acids is 1. The van der Waals surface area contributed by atoms with Crippen LogP contribution in [0, 0.1) is 0 Å². The lowest BCUT2D eigenvalue weighted by atomic mass is 10.00. The lowest BCUT2D eigenvalue weighted by Gasteiger charge is -2.36. The standard InChI is InChI=1S/C21H22N2O4/c1-3-5-17-7-4-6-14(2)23(17)21(24)20-12-16(22-27-20)10-15-8-9-18-19(11-15)26-13-25-18/h3-4,6,8-9,11-12,14,17H,1,5,7,10,13H2,2H3/t14-,17-/m1/s1. The molecule has 1 aromatic heterocycles. The summed E-state index contributed by atoms with van der Waals surface area (Å²) in [7, 11) is 0. The average molecular weight is 366 g/mol. The molecule has 0 radical (unpaired) electrons. The van der Waals surface area contributed by atoms with E-state index < -0.39 is 0 Å².